The highest BCUT2D eigenvalue weighted by molar-refractivity contribution is 8.07. The van der Waals surface area contributed by atoms with E-state index in [9.17, 15) is 0 Å². The molecule has 2 heterocycles. The van der Waals surface area contributed by atoms with Gasteiger partial charge in [0.15, 0.2) is 10.3 Å². The number of nitrogens with zero attached hydrogens (tertiary/aromatic N) is 2. The number of aromatic nitrogens is 4. The highest BCUT2D eigenvalue weighted by Gasteiger charge is 1.99. The van der Waals surface area contributed by atoms with E-state index in [4.69, 9.17) is 3.63 Å². The third kappa shape index (κ3) is 2.51. The first-order valence-electron chi connectivity index (χ1n) is 3.45. The fourth-order valence-electron chi connectivity index (χ4n) is 0.674. The number of H-pyrrole nitrogens is 2. The quantitative estimate of drug-likeness (QED) is 0.760. The number of hydrogen-bond donors (Lipinski definition) is 2. The molecule has 2 rings (SSSR count). The smallest absolute Gasteiger partial charge is 0.194 e. The van der Waals surface area contributed by atoms with E-state index >= 15 is 0 Å². The van der Waals surface area contributed by atoms with Gasteiger partial charge in [0.25, 0.3) is 0 Å². The summed E-state index contributed by atoms with van der Waals surface area (Å²) >= 11 is 2.32. The van der Waals surface area contributed by atoms with Gasteiger partial charge >= 0.3 is 0 Å². The van der Waals surface area contributed by atoms with Crippen molar-refractivity contribution in [3.63, 3.8) is 0 Å². The molecule has 7 heteroatoms. The molecule has 0 aromatic carbocycles. The fourth-order valence-corrected chi connectivity index (χ4v) is 1.77. The van der Waals surface area contributed by atoms with Gasteiger partial charge in [-0.3, -0.25) is 0 Å². The molecule has 0 aliphatic carbocycles. The Bertz CT molecular complexity index is 299. The third-order valence-corrected chi connectivity index (χ3v) is 2.48. The molecule has 0 atom stereocenters. The summed E-state index contributed by atoms with van der Waals surface area (Å²) in [5.74, 6) is 0. The van der Waals surface area contributed by atoms with Crippen molar-refractivity contribution >= 4 is 24.1 Å². The topological polar surface area (TPSA) is 66.6 Å². The largest absolute Gasteiger partial charge is 0.338 e. The number of hydrogen-bond acceptors (Lipinski definition) is 5. The monoisotopic (exact) mass is 214 g/mol. The van der Waals surface area contributed by atoms with E-state index < -0.39 is 0 Å². The standard InChI is InChI=1S/C6H6N4OS2/c1-2-8-5(7-1)12-11-13-6-9-3-4-10-6/h1-4H,(H,7,8)(H,9,10). The number of rotatable bonds is 4. The lowest BCUT2D eigenvalue weighted by atomic mass is 11.0. The van der Waals surface area contributed by atoms with Crippen molar-refractivity contribution in [1.29, 1.82) is 0 Å². The molecule has 0 spiro atoms. The maximum atomic E-state index is 5.17. The second-order valence-corrected chi connectivity index (χ2v) is 3.67. The Hall–Kier alpha value is -0.920. The van der Waals surface area contributed by atoms with Crippen molar-refractivity contribution < 1.29 is 3.63 Å². The first-order valence-corrected chi connectivity index (χ1v) is 4.93. The molecule has 0 aliphatic heterocycles. The molecular formula is C6H6N4OS2. The first-order chi connectivity index (χ1) is 6.45. The van der Waals surface area contributed by atoms with Crippen LogP contribution < -0.4 is 0 Å². The first kappa shape index (κ1) is 8.67. The molecule has 0 saturated heterocycles. The summed E-state index contributed by atoms with van der Waals surface area (Å²) in [4.78, 5) is 13.7. The molecule has 2 aromatic heterocycles. The Balaban J connectivity index is 1.76. The van der Waals surface area contributed by atoms with E-state index in [-0.39, 0.29) is 0 Å². The predicted octanol–water partition coefficient (Wildman–Crippen LogP) is 1.86. The average molecular weight is 214 g/mol. The SMILES string of the molecule is c1c[nH]c(SOSc2ncc[nH]2)n1. The van der Waals surface area contributed by atoms with Crippen molar-refractivity contribution in [2.75, 3.05) is 0 Å². The molecule has 13 heavy (non-hydrogen) atoms. The Labute approximate surface area is 83.1 Å². The summed E-state index contributed by atoms with van der Waals surface area (Å²) in [7, 11) is 0. The Morgan fingerprint density at radius 2 is 1.54 bits per heavy atom. The van der Waals surface area contributed by atoms with Gasteiger partial charge in [0.05, 0.1) is 24.1 Å². The van der Waals surface area contributed by atoms with Gasteiger partial charge < -0.3 is 9.97 Å². The highest BCUT2D eigenvalue weighted by Crippen LogP contribution is 2.24. The minimum Gasteiger partial charge on any atom is -0.338 e. The lowest BCUT2D eigenvalue weighted by molar-refractivity contribution is 0.736. The van der Waals surface area contributed by atoms with Gasteiger partial charge in [-0.2, -0.15) is 0 Å². The minimum atomic E-state index is 0.721. The Morgan fingerprint density at radius 1 is 1.00 bits per heavy atom. The molecule has 2 N–H and O–H groups in total. The highest BCUT2D eigenvalue weighted by atomic mass is 32.2. The van der Waals surface area contributed by atoms with E-state index in [0.29, 0.717) is 0 Å². The molecule has 0 radical (unpaired) electrons. The van der Waals surface area contributed by atoms with Crippen LogP contribution in [0.1, 0.15) is 0 Å². The second kappa shape index (κ2) is 4.35. The van der Waals surface area contributed by atoms with E-state index in [0.717, 1.165) is 34.4 Å². The van der Waals surface area contributed by atoms with Gasteiger partial charge in [0, 0.05) is 24.8 Å². The maximum absolute atomic E-state index is 5.17. The summed E-state index contributed by atoms with van der Waals surface area (Å²) in [6.07, 6.45) is 6.82. The van der Waals surface area contributed by atoms with Gasteiger partial charge in [-0.15, -0.1) is 0 Å². The Morgan fingerprint density at radius 3 is 1.92 bits per heavy atom. The number of aromatic amines is 2. The van der Waals surface area contributed by atoms with Crippen molar-refractivity contribution in [3.05, 3.63) is 24.8 Å². The van der Waals surface area contributed by atoms with Crippen molar-refractivity contribution in [3.8, 4) is 0 Å². The normalized spacial score (nSPS) is 10.5. The maximum Gasteiger partial charge on any atom is 0.194 e. The molecule has 5 nitrogen and oxygen atoms in total. The lowest BCUT2D eigenvalue weighted by Gasteiger charge is -1.93. The molecule has 0 saturated carbocycles. The Kier molecular flexibility index (Phi) is 2.90. The van der Waals surface area contributed by atoms with E-state index in [1.165, 1.54) is 0 Å². The van der Waals surface area contributed by atoms with Crippen molar-refractivity contribution in [2.45, 2.75) is 10.3 Å². The zero-order chi connectivity index (χ0) is 8.93. The minimum absolute atomic E-state index is 0.721. The van der Waals surface area contributed by atoms with Crippen molar-refractivity contribution in [1.82, 2.24) is 19.9 Å². The zero-order valence-electron chi connectivity index (χ0n) is 6.43. The average Bonchev–Trinajstić information content (AvgIpc) is 2.75. The van der Waals surface area contributed by atoms with Crippen LogP contribution in [0.15, 0.2) is 35.1 Å². The second-order valence-electron chi connectivity index (χ2n) is 2.02. The van der Waals surface area contributed by atoms with Gasteiger partial charge in [-0.1, -0.05) is 0 Å². The van der Waals surface area contributed by atoms with E-state index in [1.54, 1.807) is 24.8 Å². The van der Waals surface area contributed by atoms with E-state index in [2.05, 4.69) is 19.9 Å². The molecule has 68 valence electrons. The molecule has 0 unspecified atom stereocenters. The van der Waals surface area contributed by atoms with Gasteiger partial charge in [0.1, 0.15) is 0 Å². The number of nitrogens with one attached hydrogen (secondary N) is 2. The third-order valence-electron chi connectivity index (χ3n) is 1.17. The molecule has 0 aliphatic rings. The fraction of sp³-hybridized carbons (Fsp3) is 0. The molecule has 2 aromatic rings. The summed E-state index contributed by atoms with van der Waals surface area (Å²) in [5, 5.41) is 1.44. The summed E-state index contributed by atoms with van der Waals surface area (Å²) < 4.78 is 5.17. The van der Waals surface area contributed by atoms with Crippen LogP contribution in [-0.4, -0.2) is 19.9 Å². The van der Waals surface area contributed by atoms with Crippen LogP contribution in [0, 0.1) is 0 Å². The van der Waals surface area contributed by atoms with Crippen LogP contribution in [0.4, 0.5) is 0 Å². The summed E-state index contributed by atoms with van der Waals surface area (Å²) in [6.45, 7) is 0. The van der Waals surface area contributed by atoms with Crippen molar-refractivity contribution in [2.24, 2.45) is 0 Å². The van der Waals surface area contributed by atoms with Gasteiger partial charge in [0.2, 0.25) is 0 Å². The zero-order valence-corrected chi connectivity index (χ0v) is 8.06. The van der Waals surface area contributed by atoms with Crippen LogP contribution in [0.5, 0.6) is 0 Å². The van der Waals surface area contributed by atoms with Crippen LogP contribution in [-0.2, 0) is 3.63 Å². The van der Waals surface area contributed by atoms with Gasteiger partial charge in [-0.05, 0) is 0 Å². The summed E-state index contributed by atoms with van der Waals surface area (Å²) in [5.41, 5.74) is 0. The molecular weight excluding hydrogens is 208 g/mol. The van der Waals surface area contributed by atoms with E-state index in [1.807, 2.05) is 0 Å². The van der Waals surface area contributed by atoms with Crippen LogP contribution in [0.2, 0.25) is 0 Å². The van der Waals surface area contributed by atoms with Crippen LogP contribution in [0.25, 0.3) is 0 Å². The predicted molar refractivity (Wildman–Crippen MR) is 50.0 cm³/mol. The van der Waals surface area contributed by atoms with Crippen LogP contribution in [0.3, 0.4) is 0 Å². The van der Waals surface area contributed by atoms with Crippen LogP contribution >= 0.6 is 24.1 Å². The number of imidazole rings is 2. The molecule has 0 bridgehead atoms. The summed E-state index contributed by atoms with van der Waals surface area (Å²) in [6, 6.07) is 0. The molecule has 0 amide bonds. The van der Waals surface area contributed by atoms with Gasteiger partial charge in [-0.25, -0.2) is 13.6 Å². The lowest BCUT2D eigenvalue weighted by Crippen LogP contribution is -1.75. The molecule has 0 fully saturated rings.